The minimum Gasteiger partial charge on any atom is -0.372 e. The summed E-state index contributed by atoms with van der Waals surface area (Å²) in [5, 5.41) is 3.87. The Morgan fingerprint density at radius 3 is 2.40 bits per heavy atom. The fourth-order valence-electron chi connectivity index (χ4n) is 3.74. The summed E-state index contributed by atoms with van der Waals surface area (Å²) >= 11 is 0. The van der Waals surface area contributed by atoms with E-state index >= 15 is 0 Å². The molecule has 0 aliphatic carbocycles. The van der Waals surface area contributed by atoms with Gasteiger partial charge in [0.1, 0.15) is 18.3 Å². The van der Waals surface area contributed by atoms with Gasteiger partial charge in [-0.25, -0.2) is 8.42 Å². The number of ether oxygens (including phenoxy) is 1. The molecule has 2 heterocycles. The van der Waals surface area contributed by atoms with E-state index in [1.165, 1.54) is 21.0 Å². The van der Waals surface area contributed by atoms with Crippen LogP contribution in [0.4, 0.5) is 26.3 Å². The van der Waals surface area contributed by atoms with Crippen LogP contribution in [0.1, 0.15) is 42.8 Å². The average Bonchev–Trinajstić information content (AvgIpc) is 3.17. The fourth-order valence-corrected chi connectivity index (χ4v) is 5.57. The third-order valence-corrected chi connectivity index (χ3v) is 8.43. The highest BCUT2D eigenvalue weighted by molar-refractivity contribution is 7.92. The Bertz CT molecular complexity index is 1210. The number of nitrogens with zero attached hydrogens (tertiary/aromatic N) is 3. The number of sulfone groups is 1. The summed E-state index contributed by atoms with van der Waals surface area (Å²) in [4.78, 5) is 12.5. The molecule has 0 saturated carbocycles. The van der Waals surface area contributed by atoms with E-state index in [1.807, 2.05) is 0 Å². The molecule has 0 spiro atoms. The summed E-state index contributed by atoms with van der Waals surface area (Å²) in [6, 6.07) is 4.00. The first-order chi connectivity index (χ1) is 16.0. The van der Waals surface area contributed by atoms with E-state index in [4.69, 9.17) is 4.74 Å². The third-order valence-electron chi connectivity index (χ3n) is 5.89. The molecule has 1 aromatic carbocycles. The number of alkyl halides is 6. The van der Waals surface area contributed by atoms with E-state index in [2.05, 4.69) is 5.10 Å². The maximum atomic E-state index is 13.6. The largest absolute Gasteiger partial charge is 0.433 e. The van der Waals surface area contributed by atoms with Crippen LogP contribution in [0, 0.1) is 0 Å². The second kappa shape index (κ2) is 9.12. The zero-order valence-corrected chi connectivity index (χ0v) is 19.8. The molecule has 0 bridgehead atoms. The van der Waals surface area contributed by atoms with Crippen LogP contribution < -0.4 is 0 Å². The Labute approximate surface area is 197 Å². The SMILES string of the molecule is CN(C)C(=O)Cn1nc(C2CC(C)(S(=O)(=O)c3cccc(C(F)(F)F)c3)CCO2)cc1C(F)(F)F. The number of carbonyl (C=O) groups is 1. The molecule has 35 heavy (non-hydrogen) atoms. The summed E-state index contributed by atoms with van der Waals surface area (Å²) in [5.74, 6) is -0.647. The molecule has 1 saturated heterocycles. The van der Waals surface area contributed by atoms with E-state index in [0.717, 1.165) is 23.1 Å². The Kier molecular flexibility index (Phi) is 7.03. The first-order valence-electron chi connectivity index (χ1n) is 10.3. The molecule has 1 amide bonds. The van der Waals surface area contributed by atoms with Gasteiger partial charge in [-0.1, -0.05) is 6.07 Å². The van der Waals surface area contributed by atoms with Crippen LogP contribution in [-0.4, -0.2) is 54.5 Å². The van der Waals surface area contributed by atoms with Gasteiger partial charge in [-0.2, -0.15) is 31.4 Å². The lowest BCUT2D eigenvalue weighted by Gasteiger charge is -2.37. The third kappa shape index (κ3) is 5.47. The van der Waals surface area contributed by atoms with E-state index in [-0.39, 0.29) is 25.1 Å². The molecular formula is C21H23F6N3O4S. The molecule has 2 atom stereocenters. The summed E-state index contributed by atoms with van der Waals surface area (Å²) < 4.78 is 111. The predicted octanol–water partition coefficient (Wildman–Crippen LogP) is 4.09. The van der Waals surface area contributed by atoms with Gasteiger partial charge < -0.3 is 9.64 Å². The van der Waals surface area contributed by atoms with Crippen LogP contribution in [0.5, 0.6) is 0 Å². The summed E-state index contributed by atoms with van der Waals surface area (Å²) in [6.07, 6.45) is -11.2. The van der Waals surface area contributed by atoms with Crippen molar-refractivity contribution >= 4 is 15.7 Å². The van der Waals surface area contributed by atoms with Gasteiger partial charge in [-0.15, -0.1) is 0 Å². The van der Waals surface area contributed by atoms with Crippen molar-refractivity contribution in [2.75, 3.05) is 20.7 Å². The van der Waals surface area contributed by atoms with Crippen molar-refractivity contribution in [2.45, 2.75) is 54.4 Å². The van der Waals surface area contributed by atoms with E-state index < -0.39 is 61.6 Å². The molecule has 0 radical (unpaired) electrons. The number of hydrogen-bond acceptors (Lipinski definition) is 5. The van der Waals surface area contributed by atoms with Crippen molar-refractivity contribution in [2.24, 2.45) is 0 Å². The number of benzene rings is 1. The van der Waals surface area contributed by atoms with Crippen molar-refractivity contribution in [1.82, 2.24) is 14.7 Å². The lowest BCUT2D eigenvalue weighted by atomic mass is 9.95. The second-order valence-electron chi connectivity index (χ2n) is 8.69. The molecular weight excluding hydrogens is 504 g/mol. The van der Waals surface area contributed by atoms with Crippen LogP contribution in [0.3, 0.4) is 0 Å². The summed E-state index contributed by atoms with van der Waals surface area (Å²) in [6.45, 7) is 0.438. The van der Waals surface area contributed by atoms with Crippen LogP contribution in [0.2, 0.25) is 0 Å². The van der Waals surface area contributed by atoms with Gasteiger partial charge in [-0.3, -0.25) is 9.48 Å². The predicted molar refractivity (Wildman–Crippen MR) is 111 cm³/mol. The minimum absolute atomic E-state index is 0.0893. The van der Waals surface area contributed by atoms with Crippen molar-refractivity contribution in [3.05, 3.63) is 47.3 Å². The van der Waals surface area contributed by atoms with E-state index in [1.54, 1.807) is 0 Å². The van der Waals surface area contributed by atoms with E-state index in [0.29, 0.717) is 16.8 Å². The van der Waals surface area contributed by atoms with Gasteiger partial charge in [0.25, 0.3) is 0 Å². The van der Waals surface area contributed by atoms with Gasteiger partial charge in [0.15, 0.2) is 9.84 Å². The van der Waals surface area contributed by atoms with Crippen LogP contribution in [0.25, 0.3) is 0 Å². The zero-order chi connectivity index (χ0) is 26.4. The molecule has 194 valence electrons. The normalized spacial score (nSPS) is 21.7. The lowest BCUT2D eigenvalue weighted by molar-refractivity contribution is -0.145. The van der Waals surface area contributed by atoms with Gasteiger partial charge >= 0.3 is 12.4 Å². The standard InChI is InChI=1S/C21H23F6N3O4S/c1-19(35(32,33)14-6-4-5-13(9-14)20(22,23)24)7-8-34-16(11-19)15-10-17(21(25,26)27)30(28-15)12-18(31)29(2)3/h4-6,9-10,16H,7-8,11-12H2,1-3H3. The van der Waals surface area contributed by atoms with Crippen LogP contribution in [0.15, 0.2) is 35.2 Å². The second-order valence-corrected chi connectivity index (χ2v) is 11.2. The van der Waals surface area contributed by atoms with Gasteiger partial charge in [0.2, 0.25) is 5.91 Å². The smallest absolute Gasteiger partial charge is 0.372 e. The highest BCUT2D eigenvalue weighted by atomic mass is 32.2. The van der Waals surface area contributed by atoms with Crippen molar-refractivity contribution < 1.29 is 44.3 Å². The van der Waals surface area contributed by atoms with Gasteiger partial charge in [0.05, 0.1) is 20.9 Å². The minimum atomic E-state index is -4.85. The lowest BCUT2D eigenvalue weighted by Crippen LogP contribution is -2.42. The summed E-state index contributed by atoms with van der Waals surface area (Å²) in [7, 11) is -1.61. The number of aromatic nitrogens is 2. The number of rotatable bonds is 5. The highest BCUT2D eigenvalue weighted by Gasteiger charge is 2.47. The van der Waals surface area contributed by atoms with Crippen molar-refractivity contribution in [3.63, 3.8) is 0 Å². The Morgan fingerprint density at radius 1 is 1.17 bits per heavy atom. The molecule has 3 rings (SSSR count). The molecule has 14 heteroatoms. The van der Waals surface area contributed by atoms with Gasteiger partial charge in [-0.05, 0) is 44.0 Å². The molecule has 2 aromatic rings. The monoisotopic (exact) mass is 527 g/mol. The number of likely N-dealkylation sites (N-methyl/N-ethyl adjacent to an activating group) is 1. The van der Waals surface area contributed by atoms with Crippen LogP contribution >= 0.6 is 0 Å². The first kappa shape index (κ1) is 27.0. The maximum absolute atomic E-state index is 13.6. The molecule has 7 nitrogen and oxygen atoms in total. The Balaban J connectivity index is 1.96. The topological polar surface area (TPSA) is 81.5 Å². The molecule has 1 aliphatic rings. The first-order valence-corrected chi connectivity index (χ1v) is 11.8. The zero-order valence-electron chi connectivity index (χ0n) is 18.9. The summed E-state index contributed by atoms with van der Waals surface area (Å²) in [5.41, 5.74) is -2.57. The quantitative estimate of drug-likeness (QED) is 0.548. The maximum Gasteiger partial charge on any atom is 0.433 e. The number of halogens is 6. The van der Waals surface area contributed by atoms with Crippen molar-refractivity contribution in [3.8, 4) is 0 Å². The van der Waals surface area contributed by atoms with Gasteiger partial charge in [0, 0.05) is 20.7 Å². The number of hydrogen-bond donors (Lipinski definition) is 0. The Hall–Kier alpha value is -2.61. The Morgan fingerprint density at radius 2 is 1.83 bits per heavy atom. The molecule has 1 fully saturated rings. The van der Waals surface area contributed by atoms with E-state index in [9.17, 15) is 39.6 Å². The molecule has 1 aliphatic heterocycles. The average molecular weight is 527 g/mol. The fraction of sp³-hybridized carbons (Fsp3) is 0.524. The van der Waals surface area contributed by atoms with Crippen LogP contribution in [-0.2, 0) is 38.3 Å². The van der Waals surface area contributed by atoms with Crippen molar-refractivity contribution in [1.29, 1.82) is 0 Å². The molecule has 1 aromatic heterocycles. The number of carbonyl (C=O) groups excluding carboxylic acids is 1. The highest BCUT2D eigenvalue weighted by Crippen LogP contribution is 2.43. The number of amides is 1. The molecule has 2 unspecified atom stereocenters. The molecule has 0 N–H and O–H groups in total.